The summed E-state index contributed by atoms with van der Waals surface area (Å²) in [6, 6.07) is 2.37. The van der Waals surface area contributed by atoms with Gasteiger partial charge in [0.1, 0.15) is 0 Å². The average Bonchev–Trinajstić information content (AvgIpc) is 2.32. The Balaban J connectivity index is 2.15. The molecule has 0 unspecified atom stereocenters. The first-order chi connectivity index (χ1) is 8.56. The second kappa shape index (κ2) is 5.18. The maximum Gasteiger partial charge on any atom is 0.309 e. The molecule has 0 saturated heterocycles. The van der Waals surface area contributed by atoms with Crippen molar-refractivity contribution in [2.24, 2.45) is 0 Å². The predicted octanol–water partition coefficient (Wildman–Crippen LogP) is 0.998. The highest BCUT2D eigenvalue weighted by Crippen LogP contribution is 2.25. The Morgan fingerprint density at radius 2 is 2.00 bits per heavy atom. The molecule has 2 rings (SSSR count). The lowest BCUT2D eigenvalue weighted by atomic mass is 9.93. The maximum atomic E-state index is 11.2. The lowest BCUT2D eigenvalue weighted by Gasteiger charge is -2.26. The van der Waals surface area contributed by atoms with Crippen molar-refractivity contribution in [1.29, 1.82) is 0 Å². The van der Waals surface area contributed by atoms with E-state index in [1.165, 1.54) is 6.07 Å². The standard InChI is InChI=1S/C11H15N3O4/c15-8-3-1-7(2-4-8)12-11-9(14(17)18)5-6-10(16)13-11/h5-8,15H,1-4H2,(H2,12,13,16). The van der Waals surface area contributed by atoms with Gasteiger partial charge in [0.25, 0.3) is 0 Å². The zero-order chi connectivity index (χ0) is 13.1. The lowest BCUT2D eigenvalue weighted by Crippen LogP contribution is -2.29. The van der Waals surface area contributed by atoms with Crippen LogP contribution < -0.4 is 10.9 Å². The number of aromatic nitrogens is 1. The van der Waals surface area contributed by atoms with Gasteiger partial charge in [0.2, 0.25) is 5.56 Å². The van der Waals surface area contributed by atoms with Gasteiger partial charge in [-0.2, -0.15) is 0 Å². The van der Waals surface area contributed by atoms with E-state index in [0.717, 1.165) is 18.9 Å². The Labute approximate surface area is 103 Å². The molecule has 7 nitrogen and oxygen atoms in total. The molecule has 1 aromatic rings. The highest BCUT2D eigenvalue weighted by molar-refractivity contribution is 5.55. The van der Waals surface area contributed by atoms with Crippen LogP contribution in [0.25, 0.3) is 0 Å². The second-order valence-electron chi connectivity index (χ2n) is 4.49. The van der Waals surface area contributed by atoms with E-state index in [2.05, 4.69) is 10.3 Å². The molecular formula is C11H15N3O4. The van der Waals surface area contributed by atoms with E-state index >= 15 is 0 Å². The van der Waals surface area contributed by atoms with Crippen molar-refractivity contribution in [1.82, 2.24) is 4.98 Å². The first-order valence-electron chi connectivity index (χ1n) is 5.88. The molecule has 3 N–H and O–H groups in total. The van der Waals surface area contributed by atoms with Crippen molar-refractivity contribution >= 4 is 11.5 Å². The van der Waals surface area contributed by atoms with Crippen LogP contribution in [-0.4, -0.2) is 27.2 Å². The maximum absolute atomic E-state index is 11.2. The smallest absolute Gasteiger partial charge is 0.309 e. The lowest BCUT2D eigenvalue weighted by molar-refractivity contribution is -0.384. The number of nitrogens with zero attached hydrogens (tertiary/aromatic N) is 1. The first-order valence-corrected chi connectivity index (χ1v) is 5.88. The van der Waals surface area contributed by atoms with Crippen LogP contribution in [0.2, 0.25) is 0 Å². The number of aliphatic hydroxyl groups excluding tert-OH is 1. The van der Waals surface area contributed by atoms with Gasteiger partial charge < -0.3 is 15.4 Å². The quantitative estimate of drug-likeness (QED) is 0.550. The molecule has 0 atom stereocenters. The van der Waals surface area contributed by atoms with E-state index in [1.54, 1.807) is 0 Å². The zero-order valence-corrected chi connectivity index (χ0v) is 9.76. The predicted molar refractivity (Wildman–Crippen MR) is 65.6 cm³/mol. The molecule has 0 bridgehead atoms. The largest absolute Gasteiger partial charge is 0.393 e. The van der Waals surface area contributed by atoms with Crippen LogP contribution in [0.3, 0.4) is 0 Å². The van der Waals surface area contributed by atoms with Gasteiger partial charge in [-0.15, -0.1) is 0 Å². The molecule has 1 heterocycles. The Morgan fingerprint density at radius 3 is 2.61 bits per heavy atom. The van der Waals surface area contributed by atoms with E-state index in [0.29, 0.717) is 12.8 Å². The Morgan fingerprint density at radius 1 is 1.33 bits per heavy atom. The van der Waals surface area contributed by atoms with Crippen LogP contribution in [0.1, 0.15) is 25.7 Å². The van der Waals surface area contributed by atoms with Crippen molar-refractivity contribution in [2.75, 3.05) is 5.32 Å². The van der Waals surface area contributed by atoms with Gasteiger partial charge in [-0.05, 0) is 25.7 Å². The number of hydrogen-bond acceptors (Lipinski definition) is 5. The number of aliphatic hydroxyl groups is 1. The number of aromatic amines is 1. The van der Waals surface area contributed by atoms with Crippen LogP contribution in [0.15, 0.2) is 16.9 Å². The van der Waals surface area contributed by atoms with Gasteiger partial charge in [0.05, 0.1) is 11.0 Å². The molecule has 0 spiro atoms. The molecule has 0 aromatic carbocycles. The van der Waals surface area contributed by atoms with E-state index < -0.39 is 4.92 Å². The van der Waals surface area contributed by atoms with E-state index in [1.807, 2.05) is 0 Å². The molecule has 1 aliphatic rings. The fraction of sp³-hybridized carbons (Fsp3) is 0.545. The summed E-state index contributed by atoms with van der Waals surface area (Å²) in [7, 11) is 0. The van der Waals surface area contributed by atoms with Crippen LogP contribution in [0.5, 0.6) is 0 Å². The van der Waals surface area contributed by atoms with E-state index in [-0.39, 0.29) is 29.2 Å². The summed E-state index contributed by atoms with van der Waals surface area (Å²) >= 11 is 0. The Kier molecular flexibility index (Phi) is 3.61. The van der Waals surface area contributed by atoms with E-state index in [4.69, 9.17) is 0 Å². The fourth-order valence-corrected chi connectivity index (χ4v) is 2.15. The highest BCUT2D eigenvalue weighted by Gasteiger charge is 2.22. The van der Waals surface area contributed by atoms with Gasteiger partial charge in [-0.25, -0.2) is 0 Å². The third kappa shape index (κ3) is 2.86. The fourth-order valence-electron chi connectivity index (χ4n) is 2.15. The monoisotopic (exact) mass is 253 g/mol. The molecule has 7 heteroatoms. The molecule has 0 aliphatic heterocycles. The van der Waals surface area contributed by atoms with Gasteiger partial charge in [0, 0.05) is 18.2 Å². The molecule has 1 aliphatic carbocycles. The number of H-pyrrole nitrogens is 1. The van der Waals surface area contributed by atoms with Crippen molar-refractivity contribution in [3.63, 3.8) is 0 Å². The van der Waals surface area contributed by atoms with Crippen molar-refractivity contribution in [2.45, 2.75) is 37.8 Å². The molecular weight excluding hydrogens is 238 g/mol. The van der Waals surface area contributed by atoms with Gasteiger partial charge in [-0.3, -0.25) is 14.9 Å². The number of rotatable bonds is 3. The molecule has 1 saturated carbocycles. The number of anilines is 1. The third-order valence-corrected chi connectivity index (χ3v) is 3.14. The van der Waals surface area contributed by atoms with Crippen molar-refractivity contribution in [3.05, 3.63) is 32.6 Å². The molecule has 1 fully saturated rings. The molecule has 18 heavy (non-hydrogen) atoms. The second-order valence-corrected chi connectivity index (χ2v) is 4.49. The third-order valence-electron chi connectivity index (χ3n) is 3.14. The van der Waals surface area contributed by atoms with Crippen LogP contribution in [0.4, 0.5) is 11.5 Å². The SMILES string of the molecule is O=c1ccc([N+](=O)[O-])c(NC2CCC(O)CC2)[nH]1. The van der Waals surface area contributed by atoms with E-state index in [9.17, 15) is 20.0 Å². The summed E-state index contributed by atoms with van der Waals surface area (Å²) < 4.78 is 0. The Bertz CT molecular complexity index is 491. The zero-order valence-electron chi connectivity index (χ0n) is 9.76. The molecule has 0 radical (unpaired) electrons. The van der Waals surface area contributed by atoms with Crippen LogP contribution in [0, 0.1) is 10.1 Å². The summed E-state index contributed by atoms with van der Waals surface area (Å²) in [5.41, 5.74) is -0.514. The number of hydrogen-bond donors (Lipinski definition) is 3. The summed E-state index contributed by atoms with van der Waals surface area (Å²) in [5, 5.41) is 23.2. The van der Waals surface area contributed by atoms with Crippen molar-refractivity contribution in [3.8, 4) is 0 Å². The summed E-state index contributed by atoms with van der Waals surface area (Å²) in [6.45, 7) is 0. The minimum atomic E-state index is -0.532. The normalized spacial score (nSPS) is 23.6. The minimum absolute atomic E-state index is 0.0464. The molecule has 1 aromatic heterocycles. The summed E-state index contributed by atoms with van der Waals surface area (Å²) in [5.74, 6) is 0.147. The van der Waals surface area contributed by atoms with Crippen molar-refractivity contribution < 1.29 is 10.0 Å². The topological polar surface area (TPSA) is 108 Å². The minimum Gasteiger partial charge on any atom is -0.393 e. The first kappa shape index (κ1) is 12.6. The van der Waals surface area contributed by atoms with Gasteiger partial charge >= 0.3 is 5.69 Å². The molecule has 98 valence electrons. The van der Waals surface area contributed by atoms with Gasteiger partial charge in [0.15, 0.2) is 5.82 Å². The van der Waals surface area contributed by atoms with Crippen LogP contribution >= 0.6 is 0 Å². The number of nitro groups is 1. The molecule has 0 amide bonds. The number of pyridine rings is 1. The van der Waals surface area contributed by atoms with Gasteiger partial charge in [-0.1, -0.05) is 0 Å². The highest BCUT2D eigenvalue weighted by atomic mass is 16.6. The Hall–Kier alpha value is -1.89. The summed E-state index contributed by atoms with van der Waals surface area (Å²) in [6.07, 6.45) is 2.52. The number of nitrogens with one attached hydrogen (secondary N) is 2. The summed E-state index contributed by atoms with van der Waals surface area (Å²) in [4.78, 5) is 23.9. The average molecular weight is 253 g/mol. The van der Waals surface area contributed by atoms with Crippen LogP contribution in [-0.2, 0) is 0 Å².